The number of piperidine rings is 1. The molecule has 0 atom stereocenters. The second-order valence-corrected chi connectivity index (χ2v) is 6.16. The fourth-order valence-electron chi connectivity index (χ4n) is 2.19. The van der Waals surface area contributed by atoms with Gasteiger partial charge in [-0.2, -0.15) is 0 Å². The molecule has 1 N–H and O–H groups in total. The quantitative estimate of drug-likeness (QED) is 0.873. The number of ketones is 1. The van der Waals surface area contributed by atoms with Gasteiger partial charge in [-0.15, -0.1) is 0 Å². The third-order valence-electron chi connectivity index (χ3n) is 3.53. The molecule has 1 aliphatic rings. The fraction of sp³-hybridized carbons (Fsp3) is 0.500. The average molecular weight is 302 g/mol. The largest absolute Gasteiger partial charge is 0.390 e. The van der Waals surface area contributed by atoms with Crippen LogP contribution in [-0.4, -0.2) is 41.0 Å². The van der Waals surface area contributed by atoms with E-state index in [-0.39, 0.29) is 5.78 Å². The van der Waals surface area contributed by atoms with Crippen molar-refractivity contribution in [2.24, 2.45) is 0 Å². The molecule has 1 heterocycles. The number of benzene rings is 1. The average Bonchev–Trinajstić information content (AvgIpc) is 2.35. The topological polar surface area (TPSA) is 40.5 Å². The van der Waals surface area contributed by atoms with E-state index in [0.717, 1.165) is 13.1 Å². The van der Waals surface area contributed by atoms with Gasteiger partial charge in [0.1, 0.15) is 0 Å². The van der Waals surface area contributed by atoms with E-state index >= 15 is 0 Å². The lowest BCUT2D eigenvalue weighted by Crippen LogP contribution is -2.44. The minimum atomic E-state index is -0.604. The molecule has 1 aromatic rings. The highest BCUT2D eigenvalue weighted by Crippen LogP contribution is 2.24. The summed E-state index contributed by atoms with van der Waals surface area (Å²) in [7, 11) is 0. The molecule has 1 aromatic carbocycles. The molecule has 0 aromatic heterocycles. The highest BCUT2D eigenvalue weighted by atomic mass is 35.5. The molecule has 2 rings (SSSR count). The van der Waals surface area contributed by atoms with Crippen LogP contribution in [0.2, 0.25) is 10.0 Å². The number of rotatable bonds is 3. The monoisotopic (exact) mass is 301 g/mol. The van der Waals surface area contributed by atoms with Crippen LogP contribution in [0.5, 0.6) is 0 Å². The lowest BCUT2D eigenvalue weighted by Gasteiger charge is -2.35. The van der Waals surface area contributed by atoms with Gasteiger partial charge in [0.25, 0.3) is 0 Å². The zero-order chi connectivity index (χ0) is 14.0. The normalized spacial score (nSPS) is 19.4. The van der Waals surface area contributed by atoms with Crippen molar-refractivity contribution in [2.75, 3.05) is 19.6 Å². The summed E-state index contributed by atoms with van der Waals surface area (Å²) in [4.78, 5) is 14.2. The van der Waals surface area contributed by atoms with E-state index in [0.29, 0.717) is 35.0 Å². The summed E-state index contributed by atoms with van der Waals surface area (Å²) in [6.45, 7) is 3.59. The molecule has 19 heavy (non-hydrogen) atoms. The second kappa shape index (κ2) is 5.80. The van der Waals surface area contributed by atoms with Crippen LogP contribution < -0.4 is 0 Å². The van der Waals surface area contributed by atoms with E-state index in [9.17, 15) is 9.90 Å². The van der Waals surface area contributed by atoms with E-state index in [1.165, 1.54) is 0 Å². The molecule has 5 heteroatoms. The van der Waals surface area contributed by atoms with Crippen molar-refractivity contribution in [1.82, 2.24) is 4.90 Å². The molecule has 0 amide bonds. The summed E-state index contributed by atoms with van der Waals surface area (Å²) in [5, 5.41) is 10.8. The Morgan fingerprint density at radius 2 is 2.00 bits per heavy atom. The minimum Gasteiger partial charge on any atom is -0.390 e. The molecule has 1 saturated heterocycles. The summed E-state index contributed by atoms with van der Waals surface area (Å²) < 4.78 is 0. The van der Waals surface area contributed by atoms with Gasteiger partial charge in [0, 0.05) is 23.7 Å². The minimum absolute atomic E-state index is 0.0333. The van der Waals surface area contributed by atoms with Crippen LogP contribution in [0.3, 0.4) is 0 Å². The molecule has 3 nitrogen and oxygen atoms in total. The number of likely N-dealkylation sites (tertiary alicyclic amines) is 1. The molecule has 0 radical (unpaired) electrons. The summed E-state index contributed by atoms with van der Waals surface area (Å²) in [5.41, 5.74) is -0.140. The van der Waals surface area contributed by atoms with E-state index in [4.69, 9.17) is 23.2 Å². The van der Waals surface area contributed by atoms with Crippen molar-refractivity contribution < 1.29 is 9.90 Å². The molecule has 1 aliphatic heterocycles. The molecular weight excluding hydrogens is 285 g/mol. The predicted molar refractivity (Wildman–Crippen MR) is 77.1 cm³/mol. The SMILES string of the molecule is CC1(O)CCN(CC(=O)c2cc(Cl)ccc2Cl)CC1. The van der Waals surface area contributed by atoms with Crippen LogP contribution in [0.1, 0.15) is 30.1 Å². The van der Waals surface area contributed by atoms with E-state index in [1.807, 2.05) is 11.8 Å². The van der Waals surface area contributed by atoms with Crippen molar-refractivity contribution in [3.05, 3.63) is 33.8 Å². The first kappa shape index (κ1) is 14.8. The zero-order valence-electron chi connectivity index (χ0n) is 10.8. The Labute approximate surface area is 123 Å². The first-order chi connectivity index (χ1) is 8.87. The van der Waals surface area contributed by atoms with Crippen LogP contribution in [0.15, 0.2) is 18.2 Å². The highest BCUT2D eigenvalue weighted by Gasteiger charge is 2.28. The van der Waals surface area contributed by atoms with Crippen LogP contribution >= 0.6 is 23.2 Å². The molecule has 0 bridgehead atoms. The maximum absolute atomic E-state index is 12.2. The van der Waals surface area contributed by atoms with Gasteiger partial charge in [-0.3, -0.25) is 9.69 Å². The highest BCUT2D eigenvalue weighted by molar-refractivity contribution is 6.36. The summed E-state index contributed by atoms with van der Waals surface area (Å²) in [6, 6.07) is 4.91. The van der Waals surface area contributed by atoms with Gasteiger partial charge in [0.2, 0.25) is 0 Å². The van der Waals surface area contributed by atoms with Crippen molar-refractivity contribution in [3.8, 4) is 0 Å². The fourth-order valence-corrected chi connectivity index (χ4v) is 2.59. The summed E-state index contributed by atoms with van der Waals surface area (Å²) in [5.74, 6) is -0.0333. The Morgan fingerprint density at radius 3 is 2.63 bits per heavy atom. The summed E-state index contributed by atoms with van der Waals surface area (Å²) in [6.07, 6.45) is 1.37. The third-order valence-corrected chi connectivity index (χ3v) is 4.09. The molecule has 0 spiro atoms. The smallest absolute Gasteiger partial charge is 0.178 e. The van der Waals surface area contributed by atoms with Crippen molar-refractivity contribution >= 4 is 29.0 Å². The van der Waals surface area contributed by atoms with Gasteiger partial charge in [-0.05, 0) is 38.0 Å². The molecule has 0 aliphatic carbocycles. The number of carbonyl (C=O) groups excluding carboxylic acids is 1. The number of Topliss-reactive ketones (excluding diaryl/α,β-unsaturated/α-hetero) is 1. The lowest BCUT2D eigenvalue weighted by molar-refractivity contribution is -0.00419. The maximum atomic E-state index is 12.2. The Kier molecular flexibility index (Phi) is 4.51. The van der Waals surface area contributed by atoms with Gasteiger partial charge in [0.05, 0.1) is 17.2 Å². The maximum Gasteiger partial charge on any atom is 0.178 e. The Morgan fingerprint density at radius 1 is 1.37 bits per heavy atom. The molecule has 0 unspecified atom stereocenters. The first-order valence-corrected chi connectivity index (χ1v) is 7.06. The second-order valence-electron chi connectivity index (χ2n) is 5.32. The van der Waals surface area contributed by atoms with Crippen LogP contribution in [-0.2, 0) is 0 Å². The Bertz CT molecular complexity index is 478. The van der Waals surface area contributed by atoms with E-state index < -0.39 is 5.60 Å². The van der Waals surface area contributed by atoms with E-state index in [1.54, 1.807) is 18.2 Å². The van der Waals surface area contributed by atoms with Crippen molar-refractivity contribution in [3.63, 3.8) is 0 Å². The van der Waals surface area contributed by atoms with Crippen LogP contribution in [0, 0.1) is 0 Å². The lowest BCUT2D eigenvalue weighted by atomic mass is 9.93. The Hall–Kier alpha value is -0.610. The predicted octanol–water partition coefficient (Wildman–Crippen LogP) is 3.02. The third kappa shape index (κ3) is 3.93. The van der Waals surface area contributed by atoms with E-state index in [2.05, 4.69) is 0 Å². The van der Waals surface area contributed by atoms with Gasteiger partial charge in [-0.1, -0.05) is 23.2 Å². The number of hydrogen-bond donors (Lipinski definition) is 1. The van der Waals surface area contributed by atoms with Crippen molar-refractivity contribution in [1.29, 1.82) is 0 Å². The zero-order valence-corrected chi connectivity index (χ0v) is 12.3. The molecule has 1 fully saturated rings. The van der Waals surface area contributed by atoms with Gasteiger partial charge in [0.15, 0.2) is 5.78 Å². The van der Waals surface area contributed by atoms with Crippen molar-refractivity contribution in [2.45, 2.75) is 25.4 Å². The Balaban J connectivity index is 2.00. The molecule has 104 valence electrons. The van der Waals surface area contributed by atoms with Crippen LogP contribution in [0.25, 0.3) is 0 Å². The van der Waals surface area contributed by atoms with Gasteiger partial charge >= 0.3 is 0 Å². The number of carbonyl (C=O) groups is 1. The molecular formula is C14H17Cl2NO2. The molecule has 0 saturated carbocycles. The number of aliphatic hydroxyl groups is 1. The van der Waals surface area contributed by atoms with Gasteiger partial charge < -0.3 is 5.11 Å². The first-order valence-electron chi connectivity index (χ1n) is 6.30. The summed E-state index contributed by atoms with van der Waals surface area (Å²) >= 11 is 11.9. The van der Waals surface area contributed by atoms with Crippen LogP contribution in [0.4, 0.5) is 0 Å². The number of hydrogen-bond acceptors (Lipinski definition) is 3. The van der Waals surface area contributed by atoms with Gasteiger partial charge in [-0.25, -0.2) is 0 Å². The number of nitrogens with zero attached hydrogens (tertiary/aromatic N) is 1. The number of halogens is 2. The standard InChI is InChI=1S/C14H17Cl2NO2/c1-14(19)4-6-17(7-5-14)9-13(18)11-8-10(15)2-3-12(11)16/h2-3,8,19H,4-7,9H2,1H3.